The molecule has 0 amide bonds. The van der Waals surface area contributed by atoms with Crippen LogP contribution in [-0.2, 0) is 0 Å². The van der Waals surface area contributed by atoms with E-state index in [4.69, 9.17) is 5.73 Å². The van der Waals surface area contributed by atoms with E-state index in [9.17, 15) is 5.11 Å². The number of aliphatic hydroxyl groups is 1. The Morgan fingerprint density at radius 3 is 2.58 bits per heavy atom. The molecule has 0 radical (unpaired) electrons. The molecule has 0 saturated heterocycles. The van der Waals surface area contributed by atoms with E-state index < -0.39 is 6.10 Å². The first kappa shape index (κ1) is 13.7. The lowest BCUT2D eigenvalue weighted by Gasteiger charge is -2.23. The number of aliphatic hydroxyl groups excluding tert-OH is 1. The van der Waals surface area contributed by atoms with Crippen molar-refractivity contribution in [3.05, 3.63) is 65.0 Å². The molecule has 0 bridgehead atoms. The van der Waals surface area contributed by atoms with Gasteiger partial charge in [0, 0.05) is 24.4 Å². The van der Waals surface area contributed by atoms with E-state index in [-0.39, 0.29) is 5.92 Å². The number of aromatic nitrogens is 1. The van der Waals surface area contributed by atoms with Crippen LogP contribution in [0.25, 0.3) is 0 Å². The summed E-state index contributed by atoms with van der Waals surface area (Å²) in [5, 5.41) is 10.6. The average Bonchev–Trinajstić information content (AvgIpc) is 2.44. The molecule has 19 heavy (non-hydrogen) atoms. The number of pyridine rings is 1. The van der Waals surface area contributed by atoms with Crippen molar-refractivity contribution < 1.29 is 5.11 Å². The smallest absolute Gasteiger partial charge is 0.0888 e. The third-order valence-corrected chi connectivity index (χ3v) is 3.67. The highest BCUT2D eigenvalue weighted by molar-refractivity contribution is 5.36. The van der Waals surface area contributed by atoms with Gasteiger partial charge in [0.1, 0.15) is 0 Å². The monoisotopic (exact) mass is 256 g/mol. The van der Waals surface area contributed by atoms with Crippen molar-refractivity contribution in [1.82, 2.24) is 4.98 Å². The summed E-state index contributed by atoms with van der Waals surface area (Å²) in [5.74, 6) is -0.179. The highest BCUT2D eigenvalue weighted by Gasteiger charge is 2.24. The third kappa shape index (κ3) is 2.83. The van der Waals surface area contributed by atoms with Gasteiger partial charge in [-0.25, -0.2) is 0 Å². The molecule has 0 aliphatic heterocycles. The number of aryl methyl sites for hydroxylation is 1. The molecule has 0 aliphatic rings. The number of benzene rings is 1. The summed E-state index contributed by atoms with van der Waals surface area (Å²) in [5.41, 5.74) is 9.88. The average molecular weight is 256 g/mol. The lowest BCUT2D eigenvalue weighted by molar-refractivity contribution is 0.145. The van der Waals surface area contributed by atoms with Crippen molar-refractivity contribution >= 4 is 0 Å². The minimum atomic E-state index is -0.625. The quantitative estimate of drug-likeness (QED) is 0.883. The zero-order valence-electron chi connectivity index (χ0n) is 11.4. The van der Waals surface area contributed by atoms with Crippen molar-refractivity contribution in [2.45, 2.75) is 25.9 Å². The molecule has 0 spiro atoms. The lowest BCUT2D eigenvalue weighted by Crippen LogP contribution is -2.21. The van der Waals surface area contributed by atoms with Crippen LogP contribution in [0.2, 0.25) is 0 Å². The number of hydrogen-bond acceptors (Lipinski definition) is 3. The Labute approximate surface area is 114 Å². The number of nitrogens with zero attached hydrogens (tertiary/aromatic N) is 1. The van der Waals surface area contributed by atoms with Crippen LogP contribution in [-0.4, -0.2) is 16.6 Å². The van der Waals surface area contributed by atoms with Crippen molar-refractivity contribution in [3.8, 4) is 0 Å². The molecule has 2 rings (SSSR count). The van der Waals surface area contributed by atoms with Gasteiger partial charge in [-0.3, -0.25) is 4.98 Å². The largest absolute Gasteiger partial charge is 0.388 e. The number of nitrogens with two attached hydrogens (primary N) is 1. The summed E-state index contributed by atoms with van der Waals surface area (Å²) in [4.78, 5) is 4.31. The Balaban J connectivity index is 2.36. The van der Waals surface area contributed by atoms with Crippen LogP contribution in [0.3, 0.4) is 0 Å². The second-order valence-electron chi connectivity index (χ2n) is 4.83. The molecule has 0 aliphatic carbocycles. The zero-order valence-corrected chi connectivity index (χ0v) is 11.4. The van der Waals surface area contributed by atoms with E-state index >= 15 is 0 Å². The summed E-state index contributed by atoms with van der Waals surface area (Å²) in [6.45, 7) is 4.44. The second kappa shape index (κ2) is 5.95. The van der Waals surface area contributed by atoms with Gasteiger partial charge >= 0.3 is 0 Å². The summed E-state index contributed by atoms with van der Waals surface area (Å²) >= 11 is 0. The SMILES string of the molecule is Cc1cccc(C(O)C(CN)c2ccccn2)c1C. The minimum Gasteiger partial charge on any atom is -0.388 e. The van der Waals surface area contributed by atoms with E-state index in [1.54, 1.807) is 6.20 Å². The Bertz CT molecular complexity index is 540. The Kier molecular flexibility index (Phi) is 4.30. The topological polar surface area (TPSA) is 59.1 Å². The number of hydrogen-bond donors (Lipinski definition) is 2. The van der Waals surface area contributed by atoms with Gasteiger partial charge in [-0.2, -0.15) is 0 Å². The summed E-state index contributed by atoms with van der Waals surface area (Å²) in [6.07, 6.45) is 1.10. The zero-order chi connectivity index (χ0) is 13.8. The normalized spacial score (nSPS) is 14.1. The van der Waals surface area contributed by atoms with Crippen molar-refractivity contribution in [3.63, 3.8) is 0 Å². The minimum absolute atomic E-state index is 0.179. The van der Waals surface area contributed by atoms with Crippen LogP contribution in [0.4, 0.5) is 0 Å². The van der Waals surface area contributed by atoms with E-state index in [1.807, 2.05) is 50.2 Å². The van der Waals surface area contributed by atoms with Crippen LogP contribution in [0.5, 0.6) is 0 Å². The van der Waals surface area contributed by atoms with Crippen molar-refractivity contribution in [2.75, 3.05) is 6.54 Å². The van der Waals surface area contributed by atoms with E-state index in [2.05, 4.69) is 4.98 Å². The molecule has 3 N–H and O–H groups in total. The van der Waals surface area contributed by atoms with Crippen molar-refractivity contribution in [2.24, 2.45) is 5.73 Å². The highest BCUT2D eigenvalue weighted by Crippen LogP contribution is 2.31. The molecule has 1 aromatic heterocycles. The fraction of sp³-hybridized carbons (Fsp3) is 0.312. The molecule has 100 valence electrons. The molecule has 0 saturated carbocycles. The predicted octanol–water partition coefficient (Wildman–Crippen LogP) is 2.47. The first-order valence-corrected chi connectivity index (χ1v) is 6.50. The Morgan fingerprint density at radius 2 is 1.95 bits per heavy atom. The van der Waals surface area contributed by atoms with Gasteiger partial charge in [0.25, 0.3) is 0 Å². The third-order valence-electron chi connectivity index (χ3n) is 3.67. The van der Waals surface area contributed by atoms with E-state index in [1.165, 1.54) is 5.56 Å². The molecule has 3 heteroatoms. The predicted molar refractivity (Wildman–Crippen MR) is 76.9 cm³/mol. The first-order chi connectivity index (χ1) is 9.15. The highest BCUT2D eigenvalue weighted by atomic mass is 16.3. The van der Waals surface area contributed by atoms with Crippen LogP contribution < -0.4 is 5.73 Å². The number of rotatable bonds is 4. The van der Waals surface area contributed by atoms with Crippen LogP contribution in [0, 0.1) is 13.8 Å². The molecule has 1 aromatic carbocycles. The van der Waals surface area contributed by atoms with E-state index in [0.717, 1.165) is 16.8 Å². The second-order valence-corrected chi connectivity index (χ2v) is 4.83. The fourth-order valence-electron chi connectivity index (χ4n) is 2.32. The van der Waals surface area contributed by atoms with Crippen molar-refractivity contribution in [1.29, 1.82) is 0 Å². The molecule has 1 heterocycles. The molecule has 2 unspecified atom stereocenters. The van der Waals surface area contributed by atoms with Gasteiger partial charge in [-0.05, 0) is 42.7 Å². The Hall–Kier alpha value is -1.71. The van der Waals surface area contributed by atoms with Crippen LogP contribution in [0.1, 0.15) is 34.4 Å². The van der Waals surface area contributed by atoms with Gasteiger partial charge in [0.05, 0.1) is 6.10 Å². The first-order valence-electron chi connectivity index (χ1n) is 6.50. The molecule has 3 nitrogen and oxygen atoms in total. The fourth-order valence-corrected chi connectivity index (χ4v) is 2.32. The lowest BCUT2D eigenvalue weighted by atomic mass is 9.89. The van der Waals surface area contributed by atoms with Gasteiger partial charge in [-0.1, -0.05) is 24.3 Å². The van der Waals surface area contributed by atoms with Gasteiger partial charge in [0.2, 0.25) is 0 Å². The van der Waals surface area contributed by atoms with Crippen LogP contribution in [0.15, 0.2) is 42.6 Å². The summed E-state index contributed by atoms with van der Waals surface area (Å²) < 4.78 is 0. The molecular weight excluding hydrogens is 236 g/mol. The summed E-state index contributed by atoms with van der Waals surface area (Å²) in [6, 6.07) is 11.7. The standard InChI is InChI=1S/C16H20N2O/c1-11-6-5-7-13(12(11)2)16(19)14(10-17)15-8-3-4-9-18-15/h3-9,14,16,19H,10,17H2,1-2H3. The molecular formula is C16H20N2O. The van der Waals surface area contributed by atoms with Gasteiger partial charge in [-0.15, -0.1) is 0 Å². The molecule has 0 fully saturated rings. The van der Waals surface area contributed by atoms with E-state index in [0.29, 0.717) is 6.54 Å². The maximum Gasteiger partial charge on any atom is 0.0888 e. The van der Waals surface area contributed by atoms with Crippen LogP contribution >= 0.6 is 0 Å². The maximum absolute atomic E-state index is 10.6. The van der Waals surface area contributed by atoms with Gasteiger partial charge in [0.15, 0.2) is 0 Å². The maximum atomic E-state index is 10.6. The Morgan fingerprint density at radius 1 is 1.16 bits per heavy atom. The van der Waals surface area contributed by atoms with Gasteiger partial charge < -0.3 is 10.8 Å². The summed E-state index contributed by atoms with van der Waals surface area (Å²) in [7, 11) is 0. The molecule has 2 atom stereocenters. The molecule has 2 aromatic rings.